The molecule has 0 saturated heterocycles. The summed E-state index contributed by atoms with van der Waals surface area (Å²) >= 11 is 3.51. The van der Waals surface area contributed by atoms with E-state index in [4.69, 9.17) is 43.5 Å². The second-order valence-corrected chi connectivity index (χ2v) is 18.9. The highest BCUT2D eigenvalue weighted by Crippen LogP contribution is 2.39. The predicted molar refractivity (Wildman–Crippen MR) is 273 cm³/mol. The Bertz CT molecular complexity index is 2660. The van der Waals surface area contributed by atoms with Crippen LogP contribution >= 0.6 is 15.9 Å². The highest BCUT2D eigenvalue weighted by atomic mass is 79.9. The lowest BCUT2D eigenvalue weighted by Crippen LogP contribution is -2.37. The van der Waals surface area contributed by atoms with E-state index in [1.165, 1.54) is 66.5 Å². The number of pyridine rings is 2. The van der Waals surface area contributed by atoms with E-state index in [-0.39, 0.29) is 24.4 Å². The minimum Gasteiger partial charge on any atom is -0.493 e. The molecule has 2 fully saturated rings. The Morgan fingerprint density at radius 1 is 0.600 bits per heavy atom. The zero-order valence-electron chi connectivity index (χ0n) is 40.5. The summed E-state index contributed by atoms with van der Waals surface area (Å²) in [4.78, 5) is 37.6. The van der Waals surface area contributed by atoms with Crippen LogP contribution in [0.15, 0.2) is 101 Å². The van der Waals surface area contributed by atoms with Crippen molar-refractivity contribution in [3.05, 3.63) is 123 Å². The SMILES string of the molecule is COc1ccc(-c2cnc3c(c2)C(C2=CCN(C(=O)OC4CCCC4)CC2)=CC3)cc1OC.COc1ccc(B(O)O)cc1OC.O=C(OC1CCCC1)N1CC=C(C2=CCc3ncc(Br)cc32)CC1. The molecular weight excluding hydrogens is 955 g/mol. The Labute approximate surface area is 419 Å². The van der Waals surface area contributed by atoms with Crippen molar-refractivity contribution in [3.8, 4) is 34.1 Å². The summed E-state index contributed by atoms with van der Waals surface area (Å²) < 4.78 is 33.1. The van der Waals surface area contributed by atoms with Gasteiger partial charge < -0.3 is 48.3 Å². The van der Waals surface area contributed by atoms with E-state index in [0.29, 0.717) is 48.1 Å². The number of methoxy groups -OCH3 is 4. The van der Waals surface area contributed by atoms with Gasteiger partial charge in [-0.25, -0.2) is 9.59 Å². The fourth-order valence-corrected chi connectivity index (χ4v) is 10.1. The van der Waals surface area contributed by atoms with Crippen LogP contribution in [0.1, 0.15) is 86.7 Å². The van der Waals surface area contributed by atoms with Crippen molar-refractivity contribution in [2.45, 2.75) is 89.3 Å². The number of carbonyl (C=O) groups excluding carboxylic acids is 2. The lowest BCUT2D eigenvalue weighted by atomic mass is 9.80. The minimum absolute atomic E-state index is 0.105. The molecule has 2 N–H and O–H groups in total. The number of rotatable bonds is 10. The molecule has 70 heavy (non-hydrogen) atoms. The van der Waals surface area contributed by atoms with Crippen LogP contribution in [0.5, 0.6) is 23.0 Å². The standard InChI is InChI=1S/C27H30N2O4.C19H21BrN2O2.C8H11BO4/c1-31-25-10-7-19(16-26(25)32-2)20-15-23-22(8-9-24(23)28-17-20)18-11-13-29(14-12-18)27(30)33-21-5-3-4-6-21;20-14-11-17-16(5-6-18(17)21-12-14)13-7-9-22(10-8-13)19(23)24-15-3-1-2-4-15;1-12-7-4-3-6(9(10)11)5-8(7)13-2/h7-8,10-11,15-17,21H,3-6,9,12-14H2,1-2H3;5,7,11-12,15H,1-4,6,8-10H2;3-5,10-11H,1-2H3. The van der Waals surface area contributed by atoms with Crippen LogP contribution in [0.4, 0.5) is 9.59 Å². The molecule has 2 aromatic heterocycles. The summed E-state index contributed by atoms with van der Waals surface area (Å²) in [5, 5.41) is 17.7. The predicted octanol–water partition coefficient (Wildman–Crippen LogP) is 9.30. The van der Waals surface area contributed by atoms with Gasteiger partial charge in [-0.1, -0.05) is 36.4 Å². The third-order valence-corrected chi connectivity index (χ3v) is 14.1. The fourth-order valence-electron chi connectivity index (χ4n) is 9.77. The van der Waals surface area contributed by atoms with E-state index in [9.17, 15) is 9.59 Å². The average molecular weight is 1020 g/mol. The second-order valence-electron chi connectivity index (χ2n) is 18.0. The van der Waals surface area contributed by atoms with Crippen molar-refractivity contribution in [3.63, 3.8) is 0 Å². The summed E-state index contributed by atoms with van der Waals surface area (Å²) in [7, 11) is 4.81. The Balaban J connectivity index is 0.000000155. The van der Waals surface area contributed by atoms with Gasteiger partial charge in [0.1, 0.15) is 12.2 Å². The Morgan fingerprint density at radius 2 is 1.09 bits per heavy atom. The van der Waals surface area contributed by atoms with Gasteiger partial charge in [-0.15, -0.1) is 0 Å². The van der Waals surface area contributed by atoms with E-state index in [1.807, 2.05) is 40.4 Å². The number of benzene rings is 2. The number of ether oxygens (including phenoxy) is 6. The highest BCUT2D eigenvalue weighted by molar-refractivity contribution is 9.10. The molecular formula is C54H62BBrN4O10. The molecule has 0 spiro atoms. The van der Waals surface area contributed by atoms with Gasteiger partial charge in [0.05, 0.1) is 39.8 Å². The van der Waals surface area contributed by atoms with Crippen LogP contribution in [-0.4, -0.2) is 116 Å². The third-order valence-electron chi connectivity index (χ3n) is 13.7. The quantitative estimate of drug-likeness (QED) is 0.145. The number of carbonyl (C=O) groups is 2. The number of hydrogen-bond donors (Lipinski definition) is 2. The average Bonchev–Trinajstić information content (AvgIpc) is 4.25. The van der Waals surface area contributed by atoms with E-state index in [2.05, 4.69) is 57.4 Å². The molecule has 368 valence electrons. The van der Waals surface area contributed by atoms with Gasteiger partial charge in [0.15, 0.2) is 23.0 Å². The Hall–Kier alpha value is -6.10. The van der Waals surface area contributed by atoms with Crippen LogP contribution in [-0.2, 0) is 22.3 Å². The van der Waals surface area contributed by atoms with E-state index < -0.39 is 7.12 Å². The van der Waals surface area contributed by atoms with E-state index in [0.717, 1.165) is 97.7 Å². The molecule has 0 bridgehead atoms. The molecule has 14 nitrogen and oxygen atoms in total. The summed E-state index contributed by atoms with van der Waals surface area (Å²) in [6.07, 6.45) is 24.7. The Kier molecular flexibility index (Phi) is 17.0. The Morgan fingerprint density at radius 3 is 1.57 bits per heavy atom. The van der Waals surface area contributed by atoms with Crippen LogP contribution < -0.4 is 24.4 Å². The maximum atomic E-state index is 12.5. The molecule has 0 unspecified atom stereocenters. The first-order valence-corrected chi connectivity index (χ1v) is 25.0. The van der Waals surface area contributed by atoms with Crippen LogP contribution in [0.2, 0.25) is 0 Å². The maximum absolute atomic E-state index is 12.5. The van der Waals surface area contributed by atoms with Crippen molar-refractivity contribution in [1.29, 1.82) is 0 Å². The number of allylic oxidation sites excluding steroid dienone is 4. The number of nitrogens with zero attached hydrogens (tertiary/aromatic N) is 4. The first-order chi connectivity index (χ1) is 34.0. The smallest absolute Gasteiger partial charge is 0.488 e. The van der Waals surface area contributed by atoms with E-state index in [1.54, 1.807) is 26.4 Å². The van der Waals surface area contributed by atoms with Crippen molar-refractivity contribution in [2.75, 3.05) is 54.6 Å². The van der Waals surface area contributed by atoms with Gasteiger partial charge in [0.25, 0.3) is 0 Å². The first kappa shape index (κ1) is 50.3. The third kappa shape index (κ3) is 12.1. The molecule has 4 aliphatic carbocycles. The molecule has 0 atom stereocenters. The van der Waals surface area contributed by atoms with Crippen molar-refractivity contribution in [1.82, 2.24) is 19.8 Å². The number of amides is 2. The zero-order valence-corrected chi connectivity index (χ0v) is 42.0. The fraction of sp³-hybridized carbons (Fsp3) is 0.407. The monoisotopic (exact) mass is 1020 g/mol. The topological polar surface area (TPSA) is 162 Å². The second kappa shape index (κ2) is 23.7. The molecule has 16 heteroatoms. The number of hydrogen-bond acceptors (Lipinski definition) is 12. The molecule has 2 aliphatic heterocycles. The van der Waals surface area contributed by atoms with Gasteiger partial charge >= 0.3 is 19.3 Å². The summed E-state index contributed by atoms with van der Waals surface area (Å²) in [6.45, 7) is 2.64. The lowest BCUT2D eigenvalue weighted by molar-refractivity contribution is 0.0669. The van der Waals surface area contributed by atoms with Crippen molar-refractivity contribution < 1.29 is 48.1 Å². The molecule has 2 aromatic carbocycles. The summed E-state index contributed by atoms with van der Waals surface area (Å²) in [5.74, 6) is 2.45. The summed E-state index contributed by atoms with van der Waals surface area (Å²) in [6, 6.07) is 15.0. The largest absolute Gasteiger partial charge is 0.493 e. The molecule has 4 heterocycles. The van der Waals surface area contributed by atoms with Crippen LogP contribution in [0.3, 0.4) is 0 Å². The highest BCUT2D eigenvalue weighted by Gasteiger charge is 2.29. The van der Waals surface area contributed by atoms with Gasteiger partial charge in [0, 0.05) is 72.6 Å². The number of aromatic nitrogens is 2. The summed E-state index contributed by atoms with van der Waals surface area (Å²) in [5.41, 5.74) is 12.2. The molecule has 2 amide bonds. The van der Waals surface area contributed by atoms with Crippen LogP contribution in [0, 0.1) is 0 Å². The van der Waals surface area contributed by atoms with E-state index >= 15 is 0 Å². The van der Waals surface area contributed by atoms with Gasteiger partial charge in [-0.3, -0.25) is 9.97 Å². The minimum atomic E-state index is -1.49. The lowest BCUT2D eigenvalue weighted by Gasteiger charge is -2.27. The molecule has 0 radical (unpaired) electrons. The maximum Gasteiger partial charge on any atom is 0.488 e. The molecule has 2 saturated carbocycles. The zero-order chi connectivity index (χ0) is 49.1. The number of fused-ring (bicyclic) bond motifs is 2. The van der Waals surface area contributed by atoms with Crippen LogP contribution in [0.25, 0.3) is 22.3 Å². The number of halogens is 1. The van der Waals surface area contributed by atoms with Crippen molar-refractivity contribution >= 4 is 51.8 Å². The molecule has 4 aromatic rings. The van der Waals surface area contributed by atoms with Gasteiger partial charge in [-0.05, 0) is 150 Å². The normalized spacial score (nSPS) is 17.3. The molecule has 6 aliphatic rings. The molecule has 10 rings (SSSR count). The van der Waals surface area contributed by atoms with Gasteiger partial charge in [-0.2, -0.15) is 0 Å². The van der Waals surface area contributed by atoms with Gasteiger partial charge in [0.2, 0.25) is 0 Å². The van der Waals surface area contributed by atoms with Crippen molar-refractivity contribution in [2.24, 2.45) is 0 Å². The first-order valence-electron chi connectivity index (χ1n) is 24.2.